The molecular weight excluding hydrogens is 412 g/mol. The maximum atomic E-state index is 12.8. The topological polar surface area (TPSA) is 131 Å². The molecule has 10 nitrogen and oxygen atoms in total. The molecule has 1 unspecified atom stereocenters. The summed E-state index contributed by atoms with van der Waals surface area (Å²) in [4.78, 5) is 23.2. The van der Waals surface area contributed by atoms with Crippen LogP contribution in [0.5, 0.6) is 0 Å². The smallest absolute Gasteiger partial charge is 0.293 e. The van der Waals surface area contributed by atoms with Gasteiger partial charge in [0.2, 0.25) is 15.9 Å². The third kappa shape index (κ3) is 4.58. The van der Waals surface area contributed by atoms with E-state index in [-0.39, 0.29) is 42.8 Å². The molecule has 3 rings (SSSR count). The lowest BCUT2D eigenvalue weighted by molar-refractivity contribution is -0.384. The van der Waals surface area contributed by atoms with Gasteiger partial charge in [0.1, 0.15) is 11.7 Å². The minimum atomic E-state index is -3.89. The molecule has 30 heavy (non-hydrogen) atoms. The lowest BCUT2D eigenvalue weighted by atomic mass is 10.1. The van der Waals surface area contributed by atoms with Crippen molar-refractivity contribution in [3.63, 3.8) is 0 Å². The second kappa shape index (κ2) is 9.20. The van der Waals surface area contributed by atoms with Crippen LogP contribution in [0.25, 0.3) is 0 Å². The number of sulfonamides is 1. The molecule has 1 aliphatic heterocycles. The standard InChI is InChI=1S/C19H22N4O6S/c1-20-19(24)18(14-5-3-2-4-6-14)21-16-8-7-15(13-17(16)23(25)26)30(27,28)22-9-11-29-12-10-22/h2-8,13,18,21H,9-12H2,1H3,(H,20,24). The van der Waals surface area contributed by atoms with E-state index < -0.39 is 26.7 Å². The lowest BCUT2D eigenvalue weighted by Crippen LogP contribution is -2.40. The molecule has 2 aromatic rings. The second-order valence-electron chi connectivity index (χ2n) is 6.55. The van der Waals surface area contributed by atoms with Crippen LogP contribution in [-0.4, -0.2) is 56.9 Å². The van der Waals surface area contributed by atoms with E-state index in [2.05, 4.69) is 10.6 Å². The number of ether oxygens (including phenoxy) is 1. The maximum Gasteiger partial charge on any atom is 0.293 e. The van der Waals surface area contributed by atoms with Gasteiger partial charge in [-0.2, -0.15) is 4.31 Å². The second-order valence-corrected chi connectivity index (χ2v) is 8.49. The van der Waals surface area contributed by atoms with Crippen molar-refractivity contribution in [2.45, 2.75) is 10.9 Å². The highest BCUT2D eigenvalue weighted by molar-refractivity contribution is 7.89. The van der Waals surface area contributed by atoms with Crippen molar-refractivity contribution in [2.24, 2.45) is 0 Å². The number of amides is 1. The number of benzene rings is 2. The van der Waals surface area contributed by atoms with E-state index in [1.165, 1.54) is 23.5 Å². The number of nitrogens with one attached hydrogen (secondary N) is 2. The van der Waals surface area contributed by atoms with E-state index in [0.29, 0.717) is 5.56 Å². The predicted molar refractivity (Wildman–Crippen MR) is 110 cm³/mol. The number of anilines is 1. The quantitative estimate of drug-likeness (QED) is 0.499. The third-order valence-electron chi connectivity index (χ3n) is 4.72. The zero-order valence-corrected chi connectivity index (χ0v) is 17.1. The first-order valence-electron chi connectivity index (χ1n) is 9.24. The fraction of sp³-hybridized carbons (Fsp3) is 0.316. The summed E-state index contributed by atoms with van der Waals surface area (Å²) in [5.41, 5.74) is 0.212. The SMILES string of the molecule is CNC(=O)C(Nc1ccc(S(=O)(=O)N2CCOCC2)cc1[N+](=O)[O-])c1ccccc1. The number of nitro benzene ring substituents is 1. The van der Waals surface area contributed by atoms with Crippen LogP contribution >= 0.6 is 0 Å². The molecule has 1 fully saturated rings. The third-order valence-corrected chi connectivity index (χ3v) is 6.61. The molecule has 1 atom stereocenters. The van der Waals surface area contributed by atoms with Crippen LogP contribution in [-0.2, 0) is 19.6 Å². The van der Waals surface area contributed by atoms with E-state index in [1.807, 2.05) is 0 Å². The number of carbonyl (C=O) groups is 1. The summed E-state index contributed by atoms with van der Waals surface area (Å²) in [6.45, 7) is 0.906. The van der Waals surface area contributed by atoms with Gasteiger partial charge < -0.3 is 15.4 Å². The van der Waals surface area contributed by atoms with Gasteiger partial charge >= 0.3 is 0 Å². The Labute approximate surface area is 174 Å². The molecule has 1 aliphatic rings. The Morgan fingerprint density at radius 2 is 1.83 bits per heavy atom. The van der Waals surface area contributed by atoms with Crippen molar-refractivity contribution in [3.05, 3.63) is 64.2 Å². The van der Waals surface area contributed by atoms with Gasteiger partial charge in [0.25, 0.3) is 5.69 Å². The fourth-order valence-electron chi connectivity index (χ4n) is 3.13. The minimum Gasteiger partial charge on any atom is -0.379 e. The van der Waals surface area contributed by atoms with Crippen LogP contribution in [0.4, 0.5) is 11.4 Å². The summed E-state index contributed by atoms with van der Waals surface area (Å²) >= 11 is 0. The number of morpholine rings is 1. The number of nitrogens with zero attached hydrogens (tertiary/aromatic N) is 2. The van der Waals surface area contributed by atoms with Crippen LogP contribution in [0, 0.1) is 10.1 Å². The first kappa shape index (κ1) is 21.7. The molecule has 0 aromatic heterocycles. The fourth-order valence-corrected chi connectivity index (χ4v) is 4.56. The van der Waals surface area contributed by atoms with Crippen LogP contribution in [0.2, 0.25) is 0 Å². The molecule has 0 bridgehead atoms. The molecule has 1 amide bonds. The predicted octanol–water partition coefficient (Wildman–Crippen LogP) is 1.51. The Morgan fingerprint density at radius 3 is 2.43 bits per heavy atom. The molecule has 2 N–H and O–H groups in total. The van der Waals surface area contributed by atoms with Gasteiger partial charge in [-0.3, -0.25) is 14.9 Å². The van der Waals surface area contributed by atoms with Crippen LogP contribution in [0.15, 0.2) is 53.4 Å². The average molecular weight is 434 g/mol. The number of hydrogen-bond donors (Lipinski definition) is 2. The molecule has 1 saturated heterocycles. The normalized spacial score (nSPS) is 15.9. The Hall–Kier alpha value is -3.02. The van der Waals surface area contributed by atoms with E-state index in [9.17, 15) is 23.3 Å². The summed E-state index contributed by atoms with van der Waals surface area (Å²) in [5.74, 6) is -0.388. The van der Waals surface area contributed by atoms with Crippen molar-refractivity contribution >= 4 is 27.3 Å². The summed E-state index contributed by atoms with van der Waals surface area (Å²) in [6, 6.07) is 11.5. The highest BCUT2D eigenvalue weighted by Gasteiger charge is 2.30. The molecule has 11 heteroatoms. The largest absolute Gasteiger partial charge is 0.379 e. The van der Waals surface area contributed by atoms with Gasteiger partial charge in [-0.1, -0.05) is 30.3 Å². The average Bonchev–Trinajstić information content (AvgIpc) is 2.78. The first-order chi connectivity index (χ1) is 14.3. The highest BCUT2D eigenvalue weighted by atomic mass is 32.2. The van der Waals surface area contributed by atoms with Gasteiger partial charge in [0.05, 0.1) is 23.0 Å². The molecule has 0 radical (unpaired) electrons. The molecule has 0 aliphatic carbocycles. The zero-order chi connectivity index (χ0) is 21.7. The van der Waals surface area contributed by atoms with Crippen molar-refractivity contribution in [1.82, 2.24) is 9.62 Å². The lowest BCUT2D eigenvalue weighted by Gasteiger charge is -2.26. The zero-order valence-electron chi connectivity index (χ0n) is 16.3. The van der Waals surface area contributed by atoms with E-state index in [1.54, 1.807) is 30.3 Å². The molecule has 1 heterocycles. The first-order valence-corrected chi connectivity index (χ1v) is 10.7. The number of nitro groups is 1. The van der Waals surface area contributed by atoms with Crippen LogP contribution in [0.3, 0.4) is 0 Å². The highest BCUT2D eigenvalue weighted by Crippen LogP contribution is 2.32. The summed E-state index contributed by atoms with van der Waals surface area (Å²) in [7, 11) is -2.43. The van der Waals surface area contributed by atoms with E-state index in [0.717, 1.165) is 6.07 Å². The Bertz CT molecular complexity index is 1020. The van der Waals surface area contributed by atoms with Crippen LogP contribution < -0.4 is 10.6 Å². The number of likely N-dealkylation sites (N-methyl/N-ethyl adjacent to an activating group) is 1. The van der Waals surface area contributed by atoms with Crippen LogP contribution in [0.1, 0.15) is 11.6 Å². The number of hydrogen-bond acceptors (Lipinski definition) is 7. The minimum absolute atomic E-state index is 0.0402. The molecular formula is C19H22N4O6S. The Morgan fingerprint density at radius 1 is 1.17 bits per heavy atom. The van der Waals surface area contributed by atoms with Crippen molar-refractivity contribution in [3.8, 4) is 0 Å². The molecule has 160 valence electrons. The summed E-state index contributed by atoms with van der Waals surface area (Å²) in [5, 5.41) is 17.1. The summed E-state index contributed by atoms with van der Waals surface area (Å²) < 4.78 is 32.1. The van der Waals surface area contributed by atoms with Crippen molar-refractivity contribution in [2.75, 3.05) is 38.7 Å². The van der Waals surface area contributed by atoms with E-state index in [4.69, 9.17) is 4.74 Å². The number of rotatable bonds is 7. The van der Waals surface area contributed by atoms with E-state index >= 15 is 0 Å². The maximum absolute atomic E-state index is 12.8. The molecule has 2 aromatic carbocycles. The van der Waals surface area contributed by atoms with Gasteiger partial charge in [-0.15, -0.1) is 0 Å². The van der Waals surface area contributed by atoms with Gasteiger partial charge in [0.15, 0.2) is 0 Å². The molecule has 0 saturated carbocycles. The Kier molecular flexibility index (Phi) is 6.65. The molecule has 0 spiro atoms. The van der Waals surface area contributed by atoms with Gasteiger partial charge in [-0.05, 0) is 17.7 Å². The monoisotopic (exact) mass is 434 g/mol. The Balaban J connectivity index is 1.97. The van der Waals surface area contributed by atoms with Gasteiger partial charge in [-0.25, -0.2) is 8.42 Å². The summed E-state index contributed by atoms with van der Waals surface area (Å²) in [6.07, 6.45) is 0. The van der Waals surface area contributed by atoms with Gasteiger partial charge in [0, 0.05) is 26.2 Å². The van der Waals surface area contributed by atoms with Crippen molar-refractivity contribution in [1.29, 1.82) is 0 Å². The number of carbonyl (C=O) groups excluding carboxylic acids is 1. The van der Waals surface area contributed by atoms with Crippen molar-refractivity contribution < 1.29 is 22.9 Å².